The van der Waals surface area contributed by atoms with Crippen molar-refractivity contribution in [1.82, 2.24) is 10.1 Å². The highest BCUT2D eigenvalue weighted by Gasteiger charge is 2.25. The second kappa shape index (κ2) is 4.45. The average molecular weight is 268 g/mol. The molecule has 2 heterocycles. The Hall–Kier alpha value is -1.61. The summed E-state index contributed by atoms with van der Waals surface area (Å²) in [7, 11) is 0. The lowest BCUT2D eigenvalue weighted by Crippen LogP contribution is -2.44. The fourth-order valence-corrected chi connectivity index (χ4v) is 3.54. The van der Waals surface area contributed by atoms with E-state index in [0.29, 0.717) is 0 Å². The third-order valence-electron chi connectivity index (χ3n) is 4.59. The Balaban J connectivity index is 1.62. The predicted octanol–water partition coefficient (Wildman–Crippen LogP) is 3.20. The van der Waals surface area contributed by atoms with Crippen molar-refractivity contribution in [2.45, 2.75) is 33.2 Å². The molecule has 0 bridgehead atoms. The lowest BCUT2D eigenvalue weighted by molar-refractivity contribution is 0.105. The minimum absolute atomic E-state index is 0.868. The van der Waals surface area contributed by atoms with Gasteiger partial charge in [-0.15, -0.1) is 0 Å². The summed E-state index contributed by atoms with van der Waals surface area (Å²) in [4.78, 5) is 2.51. The minimum atomic E-state index is 0.868. The summed E-state index contributed by atoms with van der Waals surface area (Å²) < 4.78 is 5.52. The van der Waals surface area contributed by atoms with Gasteiger partial charge in [0.1, 0.15) is 0 Å². The van der Waals surface area contributed by atoms with Gasteiger partial charge in [-0.3, -0.25) is 4.90 Å². The van der Waals surface area contributed by atoms with E-state index < -0.39 is 0 Å². The number of hydrogen-bond acceptors (Lipinski definition) is 3. The molecule has 0 atom stereocenters. The van der Waals surface area contributed by atoms with Crippen LogP contribution >= 0.6 is 0 Å². The van der Waals surface area contributed by atoms with Crippen molar-refractivity contribution in [3.8, 4) is 11.3 Å². The molecule has 1 aliphatic carbocycles. The fourth-order valence-electron chi connectivity index (χ4n) is 3.54. The monoisotopic (exact) mass is 268 g/mol. The van der Waals surface area contributed by atoms with E-state index in [1.54, 1.807) is 0 Å². The van der Waals surface area contributed by atoms with Crippen molar-refractivity contribution >= 4 is 0 Å². The van der Waals surface area contributed by atoms with Gasteiger partial charge in [-0.2, -0.15) is 0 Å². The molecule has 1 aromatic heterocycles. The Morgan fingerprint density at radius 2 is 2.15 bits per heavy atom. The molecule has 0 saturated carbocycles. The Morgan fingerprint density at radius 3 is 2.95 bits per heavy atom. The van der Waals surface area contributed by atoms with Gasteiger partial charge in [-0.1, -0.05) is 30.3 Å². The molecule has 0 unspecified atom stereocenters. The van der Waals surface area contributed by atoms with E-state index in [1.807, 2.05) is 6.92 Å². The average Bonchev–Trinajstić information content (AvgIpc) is 2.79. The molecule has 0 amide bonds. The molecular formula is C17H20N2O. The van der Waals surface area contributed by atoms with Crippen LogP contribution in [0.15, 0.2) is 22.7 Å². The third kappa shape index (κ3) is 1.88. The van der Waals surface area contributed by atoms with E-state index in [9.17, 15) is 0 Å². The van der Waals surface area contributed by atoms with Crippen molar-refractivity contribution < 1.29 is 4.52 Å². The van der Waals surface area contributed by atoms with Gasteiger partial charge < -0.3 is 4.52 Å². The zero-order chi connectivity index (χ0) is 13.7. The molecule has 1 saturated heterocycles. The largest absolute Gasteiger partial charge is 0.356 e. The first kappa shape index (κ1) is 12.2. The number of likely N-dealkylation sites (tertiary alicyclic amines) is 1. The number of hydrogen-bond donors (Lipinski definition) is 0. The first-order chi connectivity index (χ1) is 9.70. The maximum absolute atomic E-state index is 5.52. The van der Waals surface area contributed by atoms with Gasteiger partial charge >= 0.3 is 0 Å². The first-order valence-corrected chi connectivity index (χ1v) is 7.50. The summed E-state index contributed by atoms with van der Waals surface area (Å²) in [6.07, 6.45) is 2.16. The van der Waals surface area contributed by atoms with Crippen LogP contribution in [-0.4, -0.2) is 23.1 Å². The molecule has 104 valence electrons. The Labute approximate surface area is 119 Å². The van der Waals surface area contributed by atoms with E-state index in [1.165, 1.54) is 35.3 Å². The standard InChI is InChI=1S/C17H20N2O/c1-11-8-19(9-11)10-13-3-5-16-14(7-13)4-6-15-12(2)18-20-17(15)16/h3,5,7,11H,4,6,8-10H2,1-2H3. The lowest BCUT2D eigenvalue weighted by atomic mass is 9.88. The van der Waals surface area contributed by atoms with Crippen LogP contribution < -0.4 is 0 Å². The minimum Gasteiger partial charge on any atom is -0.356 e. The molecule has 4 rings (SSSR count). The smallest absolute Gasteiger partial charge is 0.170 e. The summed E-state index contributed by atoms with van der Waals surface area (Å²) in [5.74, 6) is 1.86. The fraction of sp³-hybridized carbons (Fsp3) is 0.471. The summed E-state index contributed by atoms with van der Waals surface area (Å²) in [6.45, 7) is 7.91. The van der Waals surface area contributed by atoms with Crippen LogP contribution in [0.5, 0.6) is 0 Å². The van der Waals surface area contributed by atoms with Crippen molar-refractivity contribution in [3.63, 3.8) is 0 Å². The Bertz CT molecular complexity index is 653. The predicted molar refractivity (Wildman–Crippen MR) is 78.5 cm³/mol. The Kier molecular flexibility index (Phi) is 2.71. The van der Waals surface area contributed by atoms with Crippen LogP contribution in [0.4, 0.5) is 0 Å². The maximum Gasteiger partial charge on any atom is 0.170 e. The number of aryl methyl sites for hydroxylation is 2. The van der Waals surface area contributed by atoms with Crippen LogP contribution in [-0.2, 0) is 19.4 Å². The molecule has 1 aromatic carbocycles. The zero-order valence-electron chi connectivity index (χ0n) is 12.1. The maximum atomic E-state index is 5.52. The second-order valence-electron chi connectivity index (χ2n) is 6.37. The molecule has 2 aliphatic rings. The SMILES string of the molecule is Cc1noc2c1CCc1cc(CN3CC(C)C3)ccc1-2. The van der Waals surface area contributed by atoms with Gasteiger partial charge in [0.05, 0.1) is 5.69 Å². The van der Waals surface area contributed by atoms with E-state index in [0.717, 1.165) is 36.8 Å². The normalized spacial score (nSPS) is 18.5. The number of nitrogens with zero attached hydrogens (tertiary/aromatic N) is 2. The van der Waals surface area contributed by atoms with Crippen LogP contribution in [0.3, 0.4) is 0 Å². The quantitative estimate of drug-likeness (QED) is 0.837. The molecule has 3 heteroatoms. The molecule has 1 aliphatic heterocycles. The molecule has 0 spiro atoms. The molecule has 0 N–H and O–H groups in total. The van der Waals surface area contributed by atoms with Crippen LogP contribution in [0.25, 0.3) is 11.3 Å². The first-order valence-electron chi connectivity index (χ1n) is 7.50. The number of rotatable bonds is 2. The van der Waals surface area contributed by atoms with Crippen molar-refractivity contribution in [2.75, 3.05) is 13.1 Å². The second-order valence-corrected chi connectivity index (χ2v) is 6.37. The van der Waals surface area contributed by atoms with Crippen LogP contribution in [0, 0.1) is 12.8 Å². The zero-order valence-corrected chi connectivity index (χ0v) is 12.1. The topological polar surface area (TPSA) is 29.3 Å². The summed E-state index contributed by atoms with van der Waals surface area (Å²) in [6, 6.07) is 6.82. The van der Waals surface area contributed by atoms with Gasteiger partial charge in [0.15, 0.2) is 5.76 Å². The highest BCUT2D eigenvalue weighted by Crippen LogP contribution is 2.35. The highest BCUT2D eigenvalue weighted by molar-refractivity contribution is 5.69. The number of aromatic nitrogens is 1. The van der Waals surface area contributed by atoms with Crippen LogP contribution in [0.2, 0.25) is 0 Å². The molecule has 3 nitrogen and oxygen atoms in total. The molecule has 0 radical (unpaired) electrons. The van der Waals surface area contributed by atoms with Crippen molar-refractivity contribution in [1.29, 1.82) is 0 Å². The van der Waals surface area contributed by atoms with Gasteiger partial charge in [-0.25, -0.2) is 0 Å². The van der Waals surface area contributed by atoms with Crippen molar-refractivity contribution in [2.24, 2.45) is 5.92 Å². The van der Waals surface area contributed by atoms with Gasteiger partial charge in [0.25, 0.3) is 0 Å². The number of fused-ring (bicyclic) bond motifs is 3. The number of benzene rings is 1. The summed E-state index contributed by atoms with van der Waals surface area (Å²) in [5.41, 5.74) is 6.42. The van der Waals surface area contributed by atoms with Gasteiger partial charge in [-0.05, 0) is 36.8 Å². The molecule has 1 fully saturated rings. The molecule has 2 aromatic rings. The van der Waals surface area contributed by atoms with E-state index in [2.05, 4.69) is 35.2 Å². The lowest BCUT2D eigenvalue weighted by Gasteiger charge is -2.37. The van der Waals surface area contributed by atoms with Crippen molar-refractivity contribution in [3.05, 3.63) is 40.6 Å². The molecular weight excluding hydrogens is 248 g/mol. The van der Waals surface area contributed by atoms with Crippen LogP contribution in [0.1, 0.15) is 29.3 Å². The third-order valence-corrected chi connectivity index (χ3v) is 4.59. The van der Waals surface area contributed by atoms with E-state index in [-0.39, 0.29) is 0 Å². The van der Waals surface area contributed by atoms with Gasteiger partial charge in [0.2, 0.25) is 0 Å². The summed E-state index contributed by atoms with van der Waals surface area (Å²) in [5, 5.41) is 4.12. The Morgan fingerprint density at radius 1 is 1.30 bits per heavy atom. The van der Waals surface area contributed by atoms with Gasteiger partial charge in [0, 0.05) is 30.8 Å². The molecule has 20 heavy (non-hydrogen) atoms. The highest BCUT2D eigenvalue weighted by atomic mass is 16.5. The summed E-state index contributed by atoms with van der Waals surface area (Å²) >= 11 is 0. The van der Waals surface area contributed by atoms with E-state index >= 15 is 0 Å². The van der Waals surface area contributed by atoms with E-state index in [4.69, 9.17) is 4.52 Å².